The molecule has 0 spiro atoms. The summed E-state index contributed by atoms with van der Waals surface area (Å²) in [6, 6.07) is 17.2. The molecule has 2 rings (SSSR count). The largest absolute Gasteiger partial charge is 0.370 e. The maximum Gasteiger partial charge on any atom is 0.223 e. The molecule has 4 nitrogen and oxygen atoms in total. The second kappa shape index (κ2) is 9.08. The van der Waals surface area contributed by atoms with Crippen LogP contribution in [0.4, 0.5) is 0 Å². The van der Waals surface area contributed by atoms with E-state index in [1.54, 1.807) is 11.0 Å². The number of nitrogens with two attached hydrogens (primary N) is 1. The van der Waals surface area contributed by atoms with Gasteiger partial charge in [0.05, 0.1) is 0 Å². The first kappa shape index (κ1) is 18.0. The van der Waals surface area contributed by atoms with Crippen LogP contribution >= 0.6 is 11.6 Å². The van der Waals surface area contributed by atoms with E-state index in [-0.39, 0.29) is 12.3 Å². The Morgan fingerprint density at radius 3 is 2.33 bits per heavy atom. The highest BCUT2D eigenvalue weighted by molar-refractivity contribution is 6.30. The molecule has 2 aromatic rings. The van der Waals surface area contributed by atoms with Gasteiger partial charge >= 0.3 is 0 Å². The van der Waals surface area contributed by atoms with E-state index in [2.05, 4.69) is 0 Å². The average molecular weight is 345 g/mol. The van der Waals surface area contributed by atoms with Crippen LogP contribution in [-0.2, 0) is 22.6 Å². The summed E-state index contributed by atoms with van der Waals surface area (Å²) in [5.41, 5.74) is 7.27. The van der Waals surface area contributed by atoms with Crippen LogP contribution in [0.25, 0.3) is 0 Å². The molecule has 0 aliphatic heterocycles. The molecule has 2 amide bonds. The third-order valence-corrected chi connectivity index (χ3v) is 3.95. The van der Waals surface area contributed by atoms with Crippen molar-refractivity contribution >= 4 is 23.4 Å². The smallest absolute Gasteiger partial charge is 0.223 e. The fraction of sp³-hybridized carbons (Fsp3) is 0.263. The van der Waals surface area contributed by atoms with Crippen molar-refractivity contribution in [3.05, 3.63) is 70.7 Å². The van der Waals surface area contributed by atoms with Crippen LogP contribution in [-0.4, -0.2) is 23.3 Å². The number of hydrogen-bond acceptors (Lipinski definition) is 2. The van der Waals surface area contributed by atoms with Crippen LogP contribution in [0.15, 0.2) is 54.6 Å². The summed E-state index contributed by atoms with van der Waals surface area (Å²) in [5.74, 6) is -0.407. The molecule has 2 aromatic carbocycles. The number of carbonyl (C=O) groups is 2. The van der Waals surface area contributed by atoms with Gasteiger partial charge in [0.15, 0.2) is 0 Å². The van der Waals surface area contributed by atoms with Crippen molar-refractivity contribution in [3.8, 4) is 0 Å². The molecule has 0 aliphatic rings. The van der Waals surface area contributed by atoms with Crippen molar-refractivity contribution in [2.24, 2.45) is 5.73 Å². The van der Waals surface area contributed by atoms with Crippen molar-refractivity contribution in [2.75, 3.05) is 6.54 Å². The van der Waals surface area contributed by atoms with E-state index in [1.165, 1.54) is 0 Å². The summed E-state index contributed by atoms with van der Waals surface area (Å²) >= 11 is 5.97. The van der Waals surface area contributed by atoms with Crippen molar-refractivity contribution in [3.63, 3.8) is 0 Å². The first-order valence-corrected chi connectivity index (χ1v) is 8.27. The summed E-state index contributed by atoms with van der Waals surface area (Å²) < 4.78 is 0. The Hall–Kier alpha value is -2.33. The number of amides is 2. The van der Waals surface area contributed by atoms with Crippen LogP contribution in [0.1, 0.15) is 24.0 Å². The van der Waals surface area contributed by atoms with Gasteiger partial charge in [-0.15, -0.1) is 0 Å². The van der Waals surface area contributed by atoms with Crippen molar-refractivity contribution in [1.29, 1.82) is 0 Å². The molecule has 5 heteroatoms. The highest BCUT2D eigenvalue weighted by Crippen LogP contribution is 2.14. The van der Waals surface area contributed by atoms with Crippen molar-refractivity contribution in [2.45, 2.75) is 25.8 Å². The van der Waals surface area contributed by atoms with E-state index in [9.17, 15) is 9.59 Å². The normalized spacial score (nSPS) is 10.4. The molecule has 0 heterocycles. The lowest BCUT2D eigenvalue weighted by Crippen LogP contribution is -2.33. The zero-order valence-electron chi connectivity index (χ0n) is 13.5. The lowest BCUT2D eigenvalue weighted by atomic mass is 10.1. The van der Waals surface area contributed by atoms with Gasteiger partial charge in [-0.05, 0) is 29.7 Å². The van der Waals surface area contributed by atoms with Crippen molar-refractivity contribution < 1.29 is 9.59 Å². The minimum Gasteiger partial charge on any atom is -0.370 e. The van der Waals surface area contributed by atoms with Crippen LogP contribution in [0, 0.1) is 0 Å². The molecular weight excluding hydrogens is 324 g/mol. The third kappa shape index (κ3) is 6.05. The van der Waals surface area contributed by atoms with E-state index in [0.29, 0.717) is 31.0 Å². The van der Waals surface area contributed by atoms with Gasteiger partial charge in [-0.25, -0.2) is 0 Å². The maximum absolute atomic E-state index is 12.6. The number of rotatable bonds is 8. The number of benzene rings is 2. The first-order valence-electron chi connectivity index (χ1n) is 7.89. The number of aryl methyl sites for hydroxylation is 1. The highest BCUT2D eigenvalue weighted by Gasteiger charge is 2.15. The molecule has 0 aromatic heterocycles. The number of primary amides is 1. The van der Waals surface area contributed by atoms with Gasteiger partial charge in [0.1, 0.15) is 0 Å². The first-order chi connectivity index (χ1) is 11.5. The van der Waals surface area contributed by atoms with E-state index >= 15 is 0 Å². The van der Waals surface area contributed by atoms with Crippen LogP contribution in [0.5, 0.6) is 0 Å². The van der Waals surface area contributed by atoms with Crippen LogP contribution in [0.2, 0.25) is 5.02 Å². The fourth-order valence-corrected chi connectivity index (χ4v) is 2.66. The minimum absolute atomic E-state index is 0.0000728. The van der Waals surface area contributed by atoms with Gasteiger partial charge in [-0.2, -0.15) is 0 Å². The Morgan fingerprint density at radius 2 is 1.67 bits per heavy atom. The molecule has 24 heavy (non-hydrogen) atoms. The molecule has 0 atom stereocenters. The Bertz CT molecular complexity index is 689. The number of carbonyl (C=O) groups excluding carboxylic acids is 2. The van der Waals surface area contributed by atoms with E-state index in [4.69, 9.17) is 17.3 Å². The quantitative estimate of drug-likeness (QED) is 0.799. The molecule has 0 bridgehead atoms. The SMILES string of the molecule is NC(=O)CCN(Cc1ccccc1)C(=O)CCc1cccc(Cl)c1. The lowest BCUT2D eigenvalue weighted by molar-refractivity contribution is -0.132. The topological polar surface area (TPSA) is 63.4 Å². The zero-order chi connectivity index (χ0) is 17.4. The molecule has 0 unspecified atom stereocenters. The second-order valence-electron chi connectivity index (χ2n) is 5.65. The number of halogens is 1. The molecule has 0 aliphatic carbocycles. The van der Waals surface area contributed by atoms with Gasteiger partial charge in [-0.3, -0.25) is 9.59 Å². The van der Waals surface area contributed by atoms with Crippen LogP contribution < -0.4 is 5.73 Å². The summed E-state index contributed by atoms with van der Waals surface area (Å²) in [6.45, 7) is 0.807. The van der Waals surface area contributed by atoms with Crippen molar-refractivity contribution in [1.82, 2.24) is 4.90 Å². The summed E-state index contributed by atoms with van der Waals surface area (Å²) in [4.78, 5) is 25.3. The summed E-state index contributed by atoms with van der Waals surface area (Å²) in [5, 5.41) is 0.662. The van der Waals surface area contributed by atoms with E-state index in [0.717, 1.165) is 11.1 Å². The van der Waals surface area contributed by atoms with Gasteiger partial charge in [0.25, 0.3) is 0 Å². The summed E-state index contributed by atoms with van der Waals surface area (Å²) in [7, 11) is 0. The van der Waals surface area contributed by atoms with E-state index < -0.39 is 5.91 Å². The number of hydrogen-bond donors (Lipinski definition) is 1. The number of nitrogens with zero attached hydrogens (tertiary/aromatic N) is 1. The highest BCUT2D eigenvalue weighted by atomic mass is 35.5. The van der Waals surface area contributed by atoms with Crippen LogP contribution in [0.3, 0.4) is 0 Å². The zero-order valence-corrected chi connectivity index (χ0v) is 14.2. The summed E-state index contributed by atoms with van der Waals surface area (Å²) in [6.07, 6.45) is 1.14. The molecule has 0 saturated heterocycles. The Morgan fingerprint density at radius 1 is 0.958 bits per heavy atom. The maximum atomic E-state index is 12.6. The molecule has 0 saturated carbocycles. The second-order valence-corrected chi connectivity index (χ2v) is 6.08. The Kier molecular flexibility index (Phi) is 6.82. The third-order valence-electron chi connectivity index (χ3n) is 3.71. The average Bonchev–Trinajstić information content (AvgIpc) is 2.57. The molecular formula is C19H21ClN2O2. The predicted octanol–water partition coefficient (Wildman–Crippen LogP) is 3.18. The lowest BCUT2D eigenvalue weighted by Gasteiger charge is -2.22. The van der Waals surface area contributed by atoms with E-state index in [1.807, 2.05) is 48.5 Å². The Labute approximate surface area is 147 Å². The van der Waals surface area contributed by atoms with Gasteiger partial charge in [-0.1, -0.05) is 54.1 Å². The fourth-order valence-electron chi connectivity index (χ4n) is 2.44. The Balaban J connectivity index is 1.99. The standard InChI is InChI=1S/C19H21ClN2O2/c20-17-8-4-7-15(13-17)9-10-19(24)22(12-11-18(21)23)14-16-5-2-1-3-6-16/h1-8,13H,9-12,14H2,(H2,21,23). The molecule has 2 N–H and O–H groups in total. The minimum atomic E-state index is -0.407. The monoisotopic (exact) mass is 344 g/mol. The van der Waals surface area contributed by atoms with Gasteiger partial charge in [0, 0.05) is 31.0 Å². The predicted molar refractivity (Wildman–Crippen MR) is 95.4 cm³/mol. The molecule has 126 valence electrons. The van der Waals surface area contributed by atoms with Gasteiger partial charge < -0.3 is 10.6 Å². The molecule has 0 radical (unpaired) electrons. The molecule has 0 fully saturated rings. The van der Waals surface area contributed by atoms with Gasteiger partial charge in [0.2, 0.25) is 11.8 Å².